The number of hydrogen-bond acceptors (Lipinski definition) is 4. The molecule has 4 rings (SSSR count). The van der Waals surface area contributed by atoms with Crippen LogP contribution in [0.4, 0.5) is 4.39 Å². The van der Waals surface area contributed by atoms with Gasteiger partial charge in [-0.1, -0.05) is 53.1 Å². The summed E-state index contributed by atoms with van der Waals surface area (Å²) in [6.07, 6.45) is 7.56. The highest BCUT2D eigenvalue weighted by atomic mass is 35.5. The van der Waals surface area contributed by atoms with E-state index in [1.165, 1.54) is 11.6 Å². The molecule has 0 aliphatic carbocycles. The Morgan fingerprint density at radius 3 is 2.07 bits per heavy atom. The predicted molar refractivity (Wildman–Crippen MR) is 186 cm³/mol. The van der Waals surface area contributed by atoms with Gasteiger partial charge >= 0.3 is 0 Å². The molecule has 0 saturated heterocycles. The lowest BCUT2D eigenvalue weighted by Crippen LogP contribution is -2.27. The molecule has 2 aromatic carbocycles. The van der Waals surface area contributed by atoms with Crippen LogP contribution in [0.3, 0.4) is 0 Å². The van der Waals surface area contributed by atoms with Crippen LogP contribution in [0.25, 0.3) is 21.8 Å². The quantitative estimate of drug-likeness (QED) is 0.103. The van der Waals surface area contributed by atoms with Crippen molar-refractivity contribution in [3.63, 3.8) is 0 Å². The lowest BCUT2D eigenvalue weighted by atomic mass is 9.95. The van der Waals surface area contributed by atoms with Gasteiger partial charge in [0.1, 0.15) is 11.5 Å². The number of aromatic amines is 2. The maximum atomic E-state index is 14.3. The van der Waals surface area contributed by atoms with E-state index in [4.69, 9.17) is 21.1 Å². The third-order valence-corrected chi connectivity index (χ3v) is 8.43. The Morgan fingerprint density at radius 1 is 0.826 bits per heavy atom. The lowest BCUT2D eigenvalue weighted by molar-refractivity contribution is -0.121. The van der Waals surface area contributed by atoms with Gasteiger partial charge in [-0.15, -0.1) is 0 Å². The zero-order valence-electron chi connectivity index (χ0n) is 28.2. The molecule has 3 unspecified atom stereocenters. The molecule has 2 aromatic heterocycles. The highest BCUT2D eigenvalue weighted by Crippen LogP contribution is 2.35. The molecule has 10 heteroatoms. The highest BCUT2D eigenvalue weighted by molar-refractivity contribution is 6.35. The van der Waals surface area contributed by atoms with Gasteiger partial charge in [0.05, 0.1) is 28.8 Å². The van der Waals surface area contributed by atoms with Crippen LogP contribution in [0.2, 0.25) is 5.02 Å². The molecule has 8 nitrogen and oxygen atoms in total. The Bertz CT molecular complexity index is 1580. The minimum Gasteiger partial charge on any atom is -0.494 e. The second-order valence-corrected chi connectivity index (χ2v) is 12.1. The van der Waals surface area contributed by atoms with Crippen molar-refractivity contribution in [2.75, 3.05) is 19.7 Å². The van der Waals surface area contributed by atoms with Crippen LogP contribution in [0, 0.1) is 5.82 Å². The summed E-state index contributed by atoms with van der Waals surface area (Å²) in [5.41, 5.74) is 3.55. The lowest BCUT2D eigenvalue weighted by Gasteiger charge is -2.15. The van der Waals surface area contributed by atoms with Crippen molar-refractivity contribution < 1.29 is 23.5 Å². The fourth-order valence-corrected chi connectivity index (χ4v) is 5.40. The second kappa shape index (κ2) is 17.8. The fraction of sp³-hybridized carbons (Fsp3) is 0.500. The summed E-state index contributed by atoms with van der Waals surface area (Å²) < 4.78 is 25.7. The third-order valence-electron chi connectivity index (χ3n) is 8.14. The second-order valence-electron chi connectivity index (χ2n) is 11.7. The normalized spacial score (nSPS) is 13.1. The van der Waals surface area contributed by atoms with Crippen LogP contribution in [0.1, 0.15) is 104 Å². The molecule has 0 aliphatic heterocycles. The van der Waals surface area contributed by atoms with E-state index in [9.17, 15) is 14.0 Å². The van der Waals surface area contributed by atoms with Gasteiger partial charge in [-0.2, -0.15) is 0 Å². The zero-order valence-corrected chi connectivity index (χ0v) is 29.0. The number of amides is 2. The van der Waals surface area contributed by atoms with Crippen LogP contribution in [-0.4, -0.2) is 47.6 Å². The molecule has 2 heterocycles. The summed E-state index contributed by atoms with van der Waals surface area (Å²) in [7, 11) is 0. The summed E-state index contributed by atoms with van der Waals surface area (Å²) in [5, 5.41) is 8.40. The van der Waals surface area contributed by atoms with Gasteiger partial charge in [0, 0.05) is 73.1 Å². The molecule has 4 aromatic rings. The maximum Gasteiger partial charge on any atom is 0.219 e. The molecule has 46 heavy (non-hydrogen) atoms. The van der Waals surface area contributed by atoms with Crippen molar-refractivity contribution in [3.05, 3.63) is 58.6 Å². The summed E-state index contributed by atoms with van der Waals surface area (Å²) in [5.74, 6) is 1.43. The number of fused-ring (bicyclic) bond motifs is 2. The molecular weight excluding hydrogens is 607 g/mol. The first kappa shape index (κ1) is 36.7. The number of ether oxygens (including phenoxy) is 2. The number of carbonyl (C=O) groups is 2. The molecular formula is C36H50ClFN4O4. The predicted octanol–water partition coefficient (Wildman–Crippen LogP) is 8.74. The molecule has 4 N–H and O–H groups in total. The van der Waals surface area contributed by atoms with Crippen molar-refractivity contribution in [3.8, 4) is 11.5 Å². The third kappa shape index (κ3) is 9.64. The van der Waals surface area contributed by atoms with Crippen LogP contribution >= 0.6 is 11.6 Å². The largest absolute Gasteiger partial charge is 0.494 e. The van der Waals surface area contributed by atoms with Gasteiger partial charge in [0.25, 0.3) is 0 Å². The molecule has 0 saturated carbocycles. The highest BCUT2D eigenvalue weighted by Gasteiger charge is 2.18. The average molecular weight is 657 g/mol. The number of aromatic nitrogens is 2. The number of nitrogens with one attached hydrogen (secondary N) is 4. The molecule has 0 spiro atoms. The van der Waals surface area contributed by atoms with Gasteiger partial charge in [-0.05, 0) is 49.4 Å². The van der Waals surface area contributed by atoms with E-state index in [0.717, 1.165) is 46.9 Å². The van der Waals surface area contributed by atoms with Crippen LogP contribution in [0.5, 0.6) is 11.5 Å². The topological polar surface area (TPSA) is 108 Å². The minimum absolute atomic E-state index is 0.0173. The van der Waals surface area contributed by atoms with Crippen LogP contribution in [-0.2, 0) is 9.59 Å². The number of carbonyl (C=O) groups excluding carboxylic acids is 2. The van der Waals surface area contributed by atoms with Crippen molar-refractivity contribution in [1.82, 2.24) is 20.6 Å². The van der Waals surface area contributed by atoms with Gasteiger partial charge in [-0.3, -0.25) is 9.59 Å². The molecule has 2 amide bonds. The smallest absolute Gasteiger partial charge is 0.219 e. The van der Waals surface area contributed by atoms with E-state index in [0.29, 0.717) is 48.8 Å². The van der Waals surface area contributed by atoms with Crippen molar-refractivity contribution >= 4 is 45.2 Å². The molecule has 252 valence electrons. The Labute approximate surface area is 277 Å². The van der Waals surface area contributed by atoms with Crippen molar-refractivity contribution in [2.45, 2.75) is 98.5 Å². The van der Waals surface area contributed by atoms with E-state index in [2.05, 4.69) is 34.4 Å². The Hall–Kier alpha value is -3.72. The van der Waals surface area contributed by atoms with E-state index < -0.39 is 0 Å². The summed E-state index contributed by atoms with van der Waals surface area (Å²) in [6.45, 7) is 15.7. The monoisotopic (exact) mass is 656 g/mol. The number of benzene rings is 2. The maximum absolute atomic E-state index is 14.3. The number of halogens is 2. The standard InChI is InChI=1S/C18H25ClN2O2.C18H25FN2O2/c1-4-7-23-13-8-14-15(11-21-18(14)16(19)9-13)12(5-2)10-20-17(22)6-3;1-5-12(4)23-13-7-14-15(10-21-18(14)16(19)8-13)11(3)9-20-17(22)6-2/h8-9,11-12,21H,4-7,10H2,1-3H3,(H,20,22);7-8,10-12,21H,5-6,9H2,1-4H3,(H,20,22). The van der Waals surface area contributed by atoms with E-state index in [-0.39, 0.29) is 35.6 Å². The van der Waals surface area contributed by atoms with Crippen molar-refractivity contribution in [1.29, 1.82) is 0 Å². The zero-order chi connectivity index (χ0) is 33.8. The fourth-order valence-electron chi connectivity index (χ4n) is 5.14. The molecule has 3 atom stereocenters. The minimum atomic E-state index is -0.322. The summed E-state index contributed by atoms with van der Waals surface area (Å²) in [6, 6.07) is 7.17. The first-order valence-corrected chi connectivity index (χ1v) is 16.9. The molecule has 0 fully saturated rings. The van der Waals surface area contributed by atoms with Gasteiger partial charge in [-0.25, -0.2) is 4.39 Å². The van der Waals surface area contributed by atoms with E-state index >= 15 is 0 Å². The van der Waals surface area contributed by atoms with E-state index in [1.807, 2.05) is 65.2 Å². The van der Waals surface area contributed by atoms with Gasteiger partial charge < -0.3 is 30.1 Å². The first-order chi connectivity index (χ1) is 22.1. The molecule has 0 radical (unpaired) electrons. The Balaban J connectivity index is 0.000000250. The van der Waals surface area contributed by atoms with Crippen LogP contribution in [0.15, 0.2) is 36.7 Å². The summed E-state index contributed by atoms with van der Waals surface area (Å²) >= 11 is 6.37. The number of rotatable bonds is 15. The SMILES string of the molecule is CCC(=O)NCC(C)c1c[nH]c2c(F)cc(OC(C)CC)cc12.CCCOc1cc(Cl)c2[nH]cc(C(CC)CNC(=O)CC)c2c1. The van der Waals surface area contributed by atoms with E-state index in [1.54, 1.807) is 0 Å². The average Bonchev–Trinajstić information content (AvgIpc) is 3.68. The van der Waals surface area contributed by atoms with Crippen LogP contribution < -0.4 is 20.1 Å². The Kier molecular flexibility index (Phi) is 14.2. The van der Waals surface area contributed by atoms with Crippen molar-refractivity contribution in [2.24, 2.45) is 0 Å². The van der Waals surface area contributed by atoms with Gasteiger partial charge in [0.15, 0.2) is 5.82 Å². The molecule has 0 aliphatic rings. The number of hydrogen-bond donors (Lipinski definition) is 4. The number of H-pyrrole nitrogens is 2. The Morgan fingerprint density at radius 2 is 1.43 bits per heavy atom. The molecule has 0 bridgehead atoms. The summed E-state index contributed by atoms with van der Waals surface area (Å²) in [4.78, 5) is 29.2. The first-order valence-electron chi connectivity index (χ1n) is 16.5. The van der Waals surface area contributed by atoms with Gasteiger partial charge in [0.2, 0.25) is 11.8 Å².